The van der Waals surface area contributed by atoms with Crippen LogP contribution in [0.4, 0.5) is 0 Å². The summed E-state index contributed by atoms with van der Waals surface area (Å²) in [7, 11) is 0. The minimum Gasteiger partial charge on any atom is -0.541 e. The monoisotopic (exact) mass is 210 g/mol. The van der Waals surface area contributed by atoms with Gasteiger partial charge in [-0.2, -0.15) is 0 Å². The third-order valence-electron chi connectivity index (χ3n) is 0.0546. The van der Waals surface area contributed by atoms with E-state index < -0.39 is 0 Å². The minimum atomic E-state index is 0. The van der Waals surface area contributed by atoms with Crippen LogP contribution in [-0.2, 0) is 37.5 Å². The van der Waals surface area contributed by atoms with Crippen LogP contribution >= 0.6 is 15.9 Å². The van der Waals surface area contributed by atoms with Gasteiger partial charge in [-0.05, 0) is 0 Å². The summed E-state index contributed by atoms with van der Waals surface area (Å²) in [4.78, 5) is 9.00. The van der Waals surface area contributed by atoms with E-state index in [1.165, 1.54) is 0 Å². The second kappa shape index (κ2) is 8.98. The Balaban J connectivity index is 0. The van der Waals surface area contributed by atoms with Crippen molar-refractivity contribution in [2.24, 2.45) is 0 Å². The van der Waals surface area contributed by atoms with E-state index in [2.05, 4.69) is 15.9 Å². The fourth-order valence-corrected chi connectivity index (χ4v) is 0. The smallest absolute Gasteiger partial charge is 0 e. The van der Waals surface area contributed by atoms with E-state index in [0.717, 1.165) is 0 Å². The predicted molar refractivity (Wildman–Crippen MR) is 19.5 cm³/mol. The molecule has 0 aromatic rings. The number of halogens is 1. The Morgan fingerprint density at radius 2 is 2.00 bits per heavy atom. The molecule has 0 aliphatic rings. The van der Waals surface area contributed by atoms with Crippen LogP contribution < -0.4 is 0 Å². The van der Waals surface area contributed by atoms with E-state index in [1.54, 1.807) is 6.29 Å². The third kappa shape index (κ3) is 11.0. The Morgan fingerprint density at radius 1 is 1.80 bits per heavy atom. The average Bonchev–Trinajstić information content (AvgIpc) is 1.37. The summed E-state index contributed by atoms with van der Waals surface area (Å²) in [6, 6.07) is 0. The first-order chi connectivity index (χ1) is 1.91. The Hall–Kier alpha value is 1.25. The van der Waals surface area contributed by atoms with Gasteiger partial charge in [-0.3, -0.25) is 6.29 Å². The van der Waals surface area contributed by atoms with Crippen LogP contribution in [-0.4, -0.2) is 11.6 Å². The Labute approximate surface area is 64.5 Å². The van der Waals surface area contributed by atoms with Crippen LogP contribution in [0.3, 0.4) is 0 Å². The maximum Gasteiger partial charge on any atom is 0 e. The van der Waals surface area contributed by atoms with Gasteiger partial charge in [-0.15, -0.1) is 15.9 Å². The fourth-order valence-electron chi connectivity index (χ4n) is 0. The van der Waals surface area contributed by atoms with Crippen molar-refractivity contribution in [1.82, 2.24) is 0 Å². The molecular formula is C2H2BrOY-. The van der Waals surface area contributed by atoms with Crippen molar-refractivity contribution in [2.75, 3.05) is 5.33 Å². The number of hydrogen-bond donors (Lipinski definition) is 0. The quantitative estimate of drug-likeness (QED) is 0.455. The molecule has 0 N–H and O–H groups in total. The zero-order chi connectivity index (χ0) is 3.41. The van der Waals surface area contributed by atoms with Gasteiger partial charge in [0.2, 0.25) is 0 Å². The molecule has 0 saturated carbocycles. The van der Waals surface area contributed by atoms with Gasteiger partial charge in [-0.25, -0.2) is 0 Å². The molecule has 0 saturated heterocycles. The van der Waals surface area contributed by atoms with Crippen LogP contribution in [0.15, 0.2) is 0 Å². The van der Waals surface area contributed by atoms with Gasteiger partial charge in [0.1, 0.15) is 0 Å². The molecule has 0 aliphatic heterocycles. The second-order valence-electron chi connectivity index (χ2n) is 0.278. The van der Waals surface area contributed by atoms with Crippen molar-refractivity contribution in [1.29, 1.82) is 0 Å². The first-order valence-corrected chi connectivity index (χ1v) is 1.95. The summed E-state index contributed by atoms with van der Waals surface area (Å²) in [5.41, 5.74) is 0. The molecule has 3 heteroatoms. The fraction of sp³-hybridized carbons (Fsp3) is 0.500. The maximum atomic E-state index is 9.00. The Kier molecular flexibility index (Phi) is 17.1. The second-order valence-corrected chi connectivity index (χ2v) is 0.839. The van der Waals surface area contributed by atoms with E-state index in [0.29, 0.717) is 5.33 Å². The summed E-state index contributed by atoms with van der Waals surface area (Å²) >= 11 is 2.82. The molecule has 1 radical (unpaired) electrons. The summed E-state index contributed by atoms with van der Waals surface area (Å²) < 4.78 is 0. The molecule has 0 aliphatic carbocycles. The van der Waals surface area contributed by atoms with Crippen molar-refractivity contribution in [3.8, 4) is 0 Å². The molecule has 0 atom stereocenters. The molecular weight excluding hydrogens is 209 g/mol. The Morgan fingerprint density at radius 3 is 2.00 bits per heavy atom. The molecule has 1 nitrogen and oxygen atoms in total. The van der Waals surface area contributed by atoms with Gasteiger partial charge in [0, 0.05) is 32.7 Å². The largest absolute Gasteiger partial charge is 0.541 e. The third-order valence-corrected chi connectivity index (χ3v) is 0.283. The van der Waals surface area contributed by atoms with Gasteiger partial charge in [-0.1, -0.05) is 5.33 Å². The van der Waals surface area contributed by atoms with Gasteiger partial charge in [0.25, 0.3) is 0 Å². The summed E-state index contributed by atoms with van der Waals surface area (Å²) in [5.74, 6) is 0. The van der Waals surface area contributed by atoms with Crippen molar-refractivity contribution in [2.45, 2.75) is 0 Å². The summed E-state index contributed by atoms with van der Waals surface area (Å²) in [6.45, 7) is 0. The van der Waals surface area contributed by atoms with Gasteiger partial charge >= 0.3 is 0 Å². The van der Waals surface area contributed by atoms with Gasteiger partial charge in [0.05, 0.1) is 0 Å². The Bertz CT molecular complexity index is 23.6. The van der Waals surface area contributed by atoms with E-state index >= 15 is 0 Å². The van der Waals surface area contributed by atoms with Crippen LogP contribution in [0.1, 0.15) is 0 Å². The van der Waals surface area contributed by atoms with Crippen LogP contribution in [0.25, 0.3) is 0 Å². The molecule has 0 heterocycles. The molecule has 5 heavy (non-hydrogen) atoms. The van der Waals surface area contributed by atoms with Gasteiger partial charge < -0.3 is 4.79 Å². The van der Waals surface area contributed by atoms with E-state index in [1.807, 2.05) is 0 Å². The molecule has 0 bridgehead atoms. The van der Waals surface area contributed by atoms with Crippen molar-refractivity contribution in [3.63, 3.8) is 0 Å². The molecule has 0 aromatic heterocycles. The van der Waals surface area contributed by atoms with Crippen molar-refractivity contribution >= 4 is 22.2 Å². The molecule has 0 rings (SSSR count). The van der Waals surface area contributed by atoms with E-state index in [4.69, 9.17) is 4.79 Å². The zero-order valence-electron chi connectivity index (χ0n) is 2.57. The molecule has 0 amide bonds. The standard InChI is InChI=1S/C2H2BrO.Y/c3-1-2-4;/h1H2;/q-1;. The zero-order valence-corrected chi connectivity index (χ0v) is 6.99. The topological polar surface area (TPSA) is 17.1 Å². The van der Waals surface area contributed by atoms with Crippen LogP contribution in [0, 0.1) is 0 Å². The first kappa shape index (κ1) is 9.54. The molecule has 27 valence electrons. The predicted octanol–water partition coefficient (Wildman–Crippen LogP) is 0.488. The number of rotatable bonds is 1. The van der Waals surface area contributed by atoms with E-state index in [9.17, 15) is 0 Å². The molecule has 0 fully saturated rings. The maximum absolute atomic E-state index is 9.00. The summed E-state index contributed by atoms with van der Waals surface area (Å²) in [5, 5.41) is 0.326. The average molecular weight is 211 g/mol. The normalized spacial score (nSPS) is 5.00. The van der Waals surface area contributed by atoms with Crippen LogP contribution in [0.2, 0.25) is 0 Å². The van der Waals surface area contributed by atoms with Gasteiger partial charge in [0.15, 0.2) is 0 Å². The molecule has 0 spiro atoms. The minimum absolute atomic E-state index is 0. The number of carbonyl (C=O) groups excluding carboxylic acids is 1. The van der Waals surface area contributed by atoms with Crippen molar-refractivity contribution < 1.29 is 37.5 Å². The summed E-state index contributed by atoms with van der Waals surface area (Å²) in [6.07, 6.45) is 1.60. The molecule has 0 unspecified atom stereocenters. The van der Waals surface area contributed by atoms with Crippen LogP contribution in [0.5, 0.6) is 0 Å². The SMILES string of the molecule is O=[C-]CBr.[Y]. The first-order valence-electron chi connectivity index (χ1n) is 0.825. The number of alkyl halides is 1. The van der Waals surface area contributed by atoms with Crippen molar-refractivity contribution in [3.05, 3.63) is 0 Å². The molecule has 0 aromatic carbocycles. The van der Waals surface area contributed by atoms with E-state index in [-0.39, 0.29) is 32.7 Å². The number of hydrogen-bond acceptors (Lipinski definition) is 1.